The Morgan fingerprint density at radius 2 is 2.00 bits per heavy atom. The zero-order chi connectivity index (χ0) is 23.5. The average molecular weight is 471 g/mol. The van der Waals surface area contributed by atoms with Gasteiger partial charge in [0.2, 0.25) is 11.8 Å². The normalized spacial score (nSPS) is 13.0. The minimum atomic E-state index is -1.22. The Hall–Kier alpha value is -2.60. The van der Waals surface area contributed by atoms with Crippen molar-refractivity contribution in [1.82, 2.24) is 29.7 Å². The molecule has 0 bridgehead atoms. The summed E-state index contributed by atoms with van der Waals surface area (Å²) in [5.41, 5.74) is 6.77. The van der Waals surface area contributed by atoms with E-state index in [1.807, 2.05) is 0 Å². The van der Waals surface area contributed by atoms with Crippen molar-refractivity contribution in [3.8, 4) is 5.88 Å². The minimum absolute atomic E-state index is 0.00635. The Labute approximate surface area is 187 Å². The highest BCUT2D eigenvalue weighted by molar-refractivity contribution is 7.53. The number of nitrogens with zero attached hydrogens (tertiary/aromatic N) is 4. The summed E-state index contributed by atoms with van der Waals surface area (Å²) in [6.07, 6.45) is 1.85. The first kappa shape index (κ1) is 25.7. The monoisotopic (exact) mass is 471 g/mol. The number of hydrogen-bond acceptors (Lipinski definition) is 12. The van der Waals surface area contributed by atoms with Crippen molar-refractivity contribution in [1.29, 1.82) is 0 Å². The van der Waals surface area contributed by atoms with Crippen LogP contribution in [0.1, 0.15) is 20.8 Å². The molecule has 0 aliphatic carbocycles. The molecule has 13 nitrogen and oxygen atoms in total. The molecule has 2 aromatic rings. The number of nitrogens with two attached hydrogens (primary N) is 1. The molecule has 4 N–H and O–H groups in total. The van der Waals surface area contributed by atoms with Crippen LogP contribution >= 0.6 is 8.22 Å². The van der Waals surface area contributed by atoms with Gasteiger partial charge in [-0.1, -0.05) is 0 Å². The molecule has 0 spiro atoms. The van der Waals surface area contributed by atoms with Crippen LogP contribution in [0.3, 0.4) is 0 Å². The predicted molar refractivity (Wildman–Crippen MR) is 118 cm³/mol. The van der Waals surface area contributed by atoms with E-state index in [2.05, 4.69) is 25.1 Å². The minimum Gasteiger partial charge on any atom is -0.479 e. The fourth-order valence-corrected chi connectivity index (χ4v) is 4.08. The number of methoxy groups -OCH3 is 1. The SMILES string of the molecule is CCOC(=O)CNP(COCCn1cnc2c(OC)nc(N)nc21)NC(C)C(=O)OCC. The van der Waals surface area contributed by atoms with Gasteiger partial charge in [-0.05, 0) is 20.8 Å². The zero-order valence-electron chi connectivity index (χ0n) is 18.7. The summed E-state index contributed by atoms with van der Waals surface area (Å²) in [6, 6.07) is -0.566. The predicted octanol–water partition coefficient (Wildman–Crippen LogP) is 0.397. The number of nitrogen functional groups attached to an aromatic ring is 1. The Morgan fingerprint density at radius 1 is 1.25 bits per heavy atom. The quantitative estimate of drug-likeness (QED) is 0.198. The van der Waals surface area contributed by atoms with Gasteiger partial charge in [0.05, 0.1) is 54.4 Å². The van der Waals surface area contributed by atoms with Crippen LogP contribution in [0, 0.1) is 0 Å². The molecule has 2 unspecified atom stereocenters. The number of nitrogens with one attached hydrogen (secondary N) is 2. The van der Waals surface area contributed by atoms with Crippen molar-refractivity contribution in [2.45, 2.75) is 33.4 Å². The third kappa shape index (κ3) is 7.52. The van der Waals surface area contributed by atoms with E-state index in [9.17, 15) is 9.59 Å². The third-order valence-corrected chi connectivity index (χ3v) is 5.73. The van der Waals surface area contributed by atoms with Gasteiger partial charge >= 0.3 is 11.9 Å². The largest absolute Gasteiger partial charge is 0.479 e. The molecule has 2 rings (SSSR count). The summed E-state index contributed by atoms with van der Waals surface area (Å²) >= 11 is 0. The Kier molecular flexibility index (Phi) is 10.5. The van der Waals surface area contributed by atoms with Gasteiger partial charge in [0.1, 0.15) is 6.04 Å². The Morgan fingerprint density at radius 3 is 2.69 bits per heavy atom. The van der Waals surface area contributed by atoms with E-state index in [1.54, 1.807) is 31.7 Å². The maximum Gasteiger partial charge on any atom is 0.323 e. The molecule has 2 aromatic heterocycles. The molecule has 0 fully saturated rings. The van der Waals surface area contributed by atoms with Crippen molar-refractivity contribution in [3.05, 3.63) is 6.33 Å². The summed E-state index contributed by atoms with van der Waals surface area (Å²) in [5.74, 6) is -0.382. The van der Waals surface area contributed by atoms with Crippen molar-refractivity contribution in [2.24, 2.45) is 0 Å². The van der Waals surface area contributed by atoms with Crippen molar-refractivity contribution >= 4 is 37.3 Å². The van der Waals surface area contributed by atoms with E-state index in [-0.39, 0.29) is 37.4 Å². The number of carbonyl (C=O) groups excluding carboxylic acids is 2. The van der Waals surface area contributed by atoms with Crippen molar-refractivity contribution in [2.75, 3.05) is 45.6 Å². The van der Waals surface area contributed by atoms with E-state index >= 15 is 0 Å². The van der Waals surface area contributed by atoms with Gasteiger partial charge in [0.15, 0.2) is 11.2 Å². The lowest BCUT2D eigenvalue weighted by molar-refractivity contribution is -0.144. The smallest absolute Gasteiger partial charge is 0.323 e. The van der Waals surface area contributed by atoms with Crippen LogP contribution in [0.25, 0.3) is 11.2 Å². The van der Waals surface area contributed by atoms with Gasteiger partial charge in [-0.15, -0.1) is 0 Å². The Bertz CT molecular complexity index is 896. The van der Waals surface area contributed by atoms with Gasteiger partial charge in [0.25, 0.3) is 0 Å². The lowest BCUT2D eigenvalue weighted by atomic mass is 10.4. The van der Waals surface area contributed by atoms with E-state index in [0.717, 1.165) is 0 Å². The van der Waals surface area contributed by atoms with Crippen LogP contribution in [0.15, 0.2) is 6.33 Å². The van der Waals surface area contributed by atoms with E-state index < -0.39 is 14.3 Å². The second-order valence-corrected chi connectivity index (χ2v) is 8.10. The lowest BCUT2D eigenvalue weighted by Crippen LogP contribution is -2.37. The van der Waals surface area contributed by atoms with E-state index in [1.165, 1.54) is 7.11 Å². The lowest BCUT2D eigenvalue weighted by Gasteiger charge is -2.23. The fraction of sp³-hybridized carbons (Fsp3) is 0.611. The molecule has 0 aliphatic rings. The number of imidazole rings is 1. The number of hydrogen-bond donors (Lipinski definition) is 3. The molecule has 0 aromatic carbocycles. The molecule has 2 atom stereocenters. The maximum absolute atomic E-state index is 11.9. The standard InChI is InChI=1S/C18H30N7O6P/c1-5-30-13(26)9-21-32(24-12(3)17(27)31-6-2)11-29-8-7-25-10-20-14-15(25)22-18(19)23-16(14)28-4/h10,12,21,24H,5-9,11H2,1-4H3,(H2,19,22,23). The molecule has 0 saturated heterocycles. The second kappa shape index (κ2) is 13.1. The van der Waals surface area contributed by atoms with Gasteiger partial charge in [-0.25, -0.2) is 4.98 Å². The van der Waals surface area contributed by atoms with Crippen LogP contribution in [-0.4, -0.2) is 77.3 Å². The van der Waals surface area contributed by atoms with Crippen LogP contribution in [-0.2, 0) is 30.3 Å². The molecule has 0 radical (unpaired) electrons. The first-order valence-corrected chi connectivity index (χ1v) is 11.6. The van der Waals surface area contributed by atoms with E-state index in [0.29, 0.717) is 36.8 Å². The molecular formula is C18H30N7O6P. The molecule has 14 heteroatoms. The maximum atomic E-state index is 11.9. The highest BCUT2D eigenvalue weighted by atomic mass is 31.1. The van der Waals surface area contributed by atoms with Crippen LogP contribution < -0.4 is 20.6 Å². The highest BCUT2D eigenvalue weighted by Gasteiger charge is 2.20. The summed E-state index contributed by atoms with van der Waals surface area (Å²) in [7, 11) is 0.268. The first-order valence-electron chi connectivity index (χ1n) is 10.1. The number of rotatable bonds is 14. The summed E-state index contributed by atoms with van der Waals surface area (Å²) in [5, 5.41) is 6.17. The van der Waals surface area contributed by atoms with Crippen LogP contribution in [0.2, 0.25) is 0 Å². The van der Waals surface area contributed by atoms with Gasteiger partial charge < -0.3 is 29.2 Å². The molecule has 178 valence electrons. The number of fused-ring (bicyclic) bond motifs is 1. The van der Waals surface area contributed by atoms with Gasteiger partial charge in [-0.3, -0.25) is 19.8 Å². The van der Waals surface area contributed by atoms with Crippen molar-refractivity contribution in [3.63, 3.8) is 0 Å². The van der Waals surface area contributed by atoms with Crippen LogP contribution in [0.4, 0.5) is 5.95 Å². The molecule has 32 heavy (non-hydrogen) atoms. The van der Waals surface area contributed by atoms with Crippen molar-refractivity contribution < 1.29 is 28.5 Å². The summed E-state index contributed by atoms with van der Waals surface area (Å²) < 4.78 is 22.7. The number of carbonyl (C=O) groups is 2. The number of esters is 2. The first-order chi connectivity index (χ1) is 15.4. The molecule has 0 aliphatic heterocycles. The van der Waals surface area contributed by atoms with E-state index in [4.69, 9.17) is 24.7 Å². The molecule has 2 heterocycles. The molecule has 0 amide bonds. The fourth-order valence-electron chi connectivity index (χ4n) is 2.61. The molecular weight excluding hydrogens is 441 g/mol. The van der Waals surface area contributed by atoms with Gasteiger partial charge in [-0.2, -0.15) is 9.97 Å². The number of anilines is 1. The molecule has 0 saturated carbocycles. The topological polar surface area (TPSA) is 165 Å². The van der Waals surface area contributed by atoms with Crippen LogP contribution in [0.5, 0.6) is 5.88 Å². The number of aromatic nitrogens is 4. The second-order valence-electron chi connectivity index (χ2n) is 6.41. The Balaban J connectivity index is 1.93. The average Bonchev–Trinajstić information content (AvgIpc) is 3.17. The summed E-state index contributed by atoms with van der Waals surface area (Å²) in [4.78, 5) is 36.1. The van der Waals surface area contributed by atoms with Gasteiger partial charge in [0, 0.05) is 6.54 Å². The third-order valence-electron chi connectivity index (χ3n) is 4.05. The zero-order valence-corrected chi connectivity index (χ0v) is 19.6. The number of ether oxygens (including phenoxy) is 4. The summed E-state index contributed by atoms with van der Waals surface area (Å²) in [6.45, 7) is 6.51. The highest BCUT2D eigenvalue weighted by Crippen LogP contribution is 2.26.